The summed E-state index contributed by atoms with van der Waals surface area (Å²) < 4.78 is 0. The van der Waals surface area contributed by atoms with Gasteiger partial charge in [0.25, 0.3) is 0 Å². The first kappa shape index (κ1) is 11.6. The SMILES string of the molecule is O=C(O)c1ccc(Cl)cc1.[KH]. The Bertz CT molecular complexity index is 245. The van der Waals surface area contributed by atoms with Gasteiger partial charge in [0.15, 0.2) is 0 Å². The van der Waals surface area contributed by atoms with E-state index in [1.807, 2.05) is 0 Å². The average molecular weight is 197 g/mol. The Morgan fingerprint density at radius 3 is 2.09 bits per heavy atom. The Morgan fingerprint density at radius 2 is 1.73 bits per heavy atom. The molecule has 0 fully saturated rings. The normalized spacial score (nSPS) is 8.45. The third-order valence-electron chi connectivity index (χ3n) is 1.09. The second-order valence-corrected chi connectivity index (χ2v) is 2.25. The molecule has 0 aromatic heterocycles. The van der Waals surface area contributed by atoms with E-state index in [1.54, 1.807) is 12.1 Å². The molecule has 54 valence electrons. The fourth-order valence-corrected chi connectivity index (χ4v) is 0.718. The van der Waals surface area contributed by atoms with E-state index < -0.39 is 5.97 Å². The van der Waals surface area contributed by atoms with Crippen LogP contribution in [0, 0.1) is 0 Å². The summed E-state index contributed by atoms with van der Waals surface area (Å²) in [5.74, 6) is -0.934. The molecule has 1 rings (SSSR count). The standard InChI is InChI=1S/C7H5ClO2.K.H/c8-6-3-1-5(2-4-6)7(9)10;;/h1-4H,(H,9,10);;. The molecule has 0 aliphatic heterocycles. The molecule has 0 heterocycles. The van der Waals surface area contributed by atoms with Crippen LogP contribution in [0.4, 0.5) is 0 Å². The second kappa shape index (κ2) is 5.30. The van der Waals surface area contributed by atoms with Gasteiger partial charge < -0.3 is 5.11 Å². The Hall–Kier alpha value is 0.616. The van der Waals surface area contributed by atoms with Crippen molar-refractivity contribution in [1.82, 2.24) is 0 Å². The van der Waals surface area contributed by atoms with Gasteiger partial charge in [-0.1, -0.05) is 11.6 Å². The van der Waals surface area contributed by atoms with Crippen LogP contribution >= 0.6 is 11.6 Å². The number of hydrogen-bond donors (Lipinski definition) is 1. The predicted molar refractivity (Wildman–Crippen MR) is 45.6 cm³/mol. The van der Waals surface area contributed by atoms with Crippen molar-refractivity contribution in [2.24, 2.45) is 0 Å². The van der Waals surface area contributed by atoms with Crippen molar-refractivity contribution in [2.45, 2.75) is 0 Å². The number of carboxylic acids is 1. The molecule has 2 nitrogen and oxygen atoms in total. The van der Waals surface area contributed by atoms with Crippen molar-refractivity contribution >= 4 is 69.0 Å². The first-order chi connectivity index (χ1) is 4.70. The van der Waals surface area contributed by atoms with Gasteiger partial charge in [-0.15, -0.1) is 0 Å². The zero-order chi connectivity index (χ0) is 7.56. The van der Waals surface area contributed by atoms with E-state index in [9.17, 15) is 4.79 Å². The van der Waals surface area contributed by atoms with Crippen molar-refractivity contribution in [3.05, 3.63) is 34.9 Å². The number of carboxylic acid groups (broad SMARTS) is 1. The fourth-order valence-electron chi connectivity index (χ4n) is 0.592. The summed E-state index contributed by atoms with van der Waals surface area (Å²) in [7, 11) is 0. The van der Waals surface area contributed by atoms with Crippen LogP contribution in [0.15, 0.2) is 24.3 Å². The molecule has 0 bridgehead atoms. The molecule has 0 saturated heterocycles. The molecule has 0 spiro atoms. The molecule has 1 aromatic carbocycles. The third kappa shape index (κ3) is 3.69. The minimum atomic E-state index is -0.934. The zero-order valence-electron chi connectivity index (χ0n) is 5.04. The van der Waals surface area contributed by atoms with Gasteiger partial charge in [-0.3, -0.25) is 0 Å². The van der Waals surface area contributed by atoms with Gasteiger partial charge >= 0.3 is 57.4 Å². The number of hydrogen-bond acceptors (Lipinski definition) is 1. The second-order valence-electron chi connectivity index (χ2n) is 1.81. The molecule has 11 heavy (non-hydrogen) atoms. The van der Waals surface area contributed by atoms with Crippen LogP contribution in [0.5, 0.6) is 0 Å². The Labute approximate surface area is 112 Å². The summed E-state index contributed by atoms with van der Waals surface area (Å²) in [6, 6.07) is 6.02. The van der Waals surface area contributed by atoms with Crippen LogP contribution in [0.1, 0.15) is 10.4 Å². The molecule has 4 heteroatoms. The number of benzene rings is 1. The summed E-state index contributed by atoms with van der Waals surface area (Å²) in [6.45, 7) is 0. The third-order valence-corrected chi connectivity index (χ3v) is 1.34. The van der Waals surface area contributed by atoms with Crippen LogP contribution in [0.2, 0.25) is 5.02 Å². The van der Waals surface area contributed by atoms with Gasteiger partial charge in [0.05, 0.1) is 5.56 Å². The first-order valence-corrected chi connectivity index (χ1v) is 3.07. The fraction of sp³-hybridized carbons (Fsp3) is 0. The van der Waals surface area contributed by atoms with E-state index in [2.05, 4.69) is 0 Å². The molecule has 0 unspecified atom stereocenters. The summed E-state index contributed by atoms with van der Waals surface area (Å²) in [5, 5.41) is 8.98. The van der Waals surface area contributed by atoms with Crippen LogP contribution in [0.25, 0.3) is 0 Å². The topological polar surface area (TPSA) is 37.3 Å². The molecule has 0 amide bonds. The van der Waals surface area contributed by atoms with Crippen molar-refractivity contribution in [3.8, 4) is 0 Å². The summed E-state index contributed by atoms with van der Waals surface area (Å²) >= 11 is 5.52. The van der Waals surface area contributed by atoms with Gasteiger partial charge in [-0.05, 0) is 24.3 Å². The quantitative estimate of drug-likeness (QED) is 0.690. The molecule has 0 aliphatic carbocycles. The van der Waals surface area contributed by atoms with E-state index in [4.69, 9.17) is 16.7 Å². The molecule has 1 N–H and O–H groups in total. The van der Waals surface area contributed by atoms with Crippen molar-refractivity contribution < 1.29 is 9.90 Å². The maximum absolute atomic E-state index is 10.3. The Kier molecular flexibility index (Phi) is 5.59. The number of carbonyl (C=O) groups is 1. The van der Waals surface area contributed by atoms with Gasteiger partial charge in [-0.25, -0.2) is 4.79 Å². The van der Waals surface area contributed by atoms with Crippen LogP contribution < -0.4 is 0 Å². The summed E-state index contributed by atoms with van der Waals surface area (Å²) in [5.41, 5.74) is 0.254. The monoisotopic (exact) mass is 196 g/mol. The summed E-state index contributed by atoms with van der Waals surface area (Å²) in [4.78, 5) is 10.3. The molecule has 1 aromatic rings. The molecular formula is C7H6ClKO2. The maximum atomic E-state index is 10.3. The van der Waals surface area contributed by atoms with Crippen molar-refractivity contribution in [1.29, 1.82) is 0 Å². The number of halogens is 1. The average Bonchev–Trinajstić information content (AvgIpc) is 1.88. The van der Waals surface area contributed by atoms with Crippen molar-refractivity contribution in [3.63, 3.8) is 0 Å². The van der Waals surface area contributed by atoms with E-state index in [0.29, 0.717) is 5.02 Å². The van der Waals surface area contributed by atoms with E-state index in [-0.39, 0.29) is 56.9 Å². The van der Waals surface area contributed by atoms with Crippen LogP contribution in [0.3, 0.4) is 0 Å². The van der Waals surface area contributed by atoms with Crippen LogP contribution in [-0.2, 0) is 0 Å². The molecule has 0 aliphatic rings. The minimum absolute atomic E-state index is 0. The van der Waals surface area contributed by atoms with Gasteiger partial charge in [0, 0.05) is 5.02 Å². The Balaban J connectivity index is 0.000001000. The summed E-state index contributed by atoms with van der Waals surface area (Å²) in [6.07, 6.45) is 0. The Morgan fingerprint density at radius 1 is 1.27 bits per heavy atom. The van der Waals surface area contributed by atoms with Crippen molar-refractivity contribution in [2.75, 3.05) is 0 Å². The number of rotatable bonds is 1. The zero-order valence-corrected chi connectivity index (χ0v) is 5.80. The van der Waals surface area contributed by atoms with Gasteiger partial charge in [0.1, 0.15) is 0 Å². The predicted octanol–water partition coefficient (Wildman–Crippen LogP) is 1.39. The van der Waals surface area contributed by atoms with Gasteiger partial charge in [0.2, 0.25) is 0 Å². The first-order valence-electron chi connectivity index (χ1n) is 2.69. The molecule has 0 atom stereocenters. The van der Waals surface area contributed by atoms with Crippen LogP contribution in [-0.4, -0.2) is 62.5 Å². The molecule has 0 saturated carbocycles. The molecule has 0 radical (unpaired) electrons. The van der Waals surface area contributed by atoms with E-state index >= 15 is 0 Å². The van der Waals surface area contributed by atoms with E-state index in [1.165, 1.54) is 12.1 Å². The van der Waals surface area contributed by atoms with Gasteiger partial charge in [-0.2, -0.15) is 0 Å². The van der Waals surface area contributed by atoms with E-state index in [0.717, 1.165) is 0 Å². The molecular weight excluding hydrogens is 191 g/mol. The number of aromatic carboxylic acids is 1.